The van der Waals surface area contributed by atoms with Crippen molar-refractivity contribution in [3.05, 3.63) is 36.4 Å². The molecule has 2 aromatic heterocycles. The van der Waals surface area contributed by atoms with Gasteiger partial charge in [0, 0.05) is 12.6 Å². The van der Waals surface area contributed by atoms with E-state index in [1.54, 1.807) is 16.7 Å². The van der Waals surface area contributed by atoms with Gasteiger partial charge in [0.25, 0.3) is 0 Å². The number of aromatic hydroxyl groups is 1. The van der Waals surface area contributed by atoms with Gasteiger partial charge < -0.3 is 15.4 Å². The van der Waals surface area contributed by atoms with E-state index in [1.165, 1.54) is 0 Å². The minimum atomic E-state index is 0.202. The van der Waals surface area contributed by atoms with Crippen LogP contribution in [0.2, 0.25) is 0 Å². The fraction of sp³-hybridized carbons (Fsp3) is 0.0769. The maximum atomic E-state index is 9.81. The molecule has 2 heterocycles. The van der Waals surface area contributed by atoms with E-state index in [2.05, 4.69) is 9.97 Å². The minimum absolute atomic E-state index is 0.202. The summed E-state index contributed by atoms with van der Waals surface area (Å²) in [7, 11) is 1.84. The molecule has 0 atom stereocenters. The lowest BCUT2D eigenvalue weighted by atomic mass is 10.1. The number of aryl methyl sites for hydroxylation is 1. The normalized spacial score (nSPS) is 10.9. The van der Waals surface area contributed by atoms with Crippen LogP contribution in [0.5, 0.6) is 5.75 Å². The first-order valence-electron chi connectivity index (χ1n) is 5.54. The second kappa shape index (κ2) is 3.73. The van der Waals surface area contributed by atoms with Gasteiger partial charge in [0.1, 0.15) is 5.75 Å². The third-order valence-electron chi connectivity index (χ3n) is 2.96. The van der Waals surface area contributed by atoms with E-state index in [0.29, 0.717) is 22.9 Å². The molecule has 18 heavy (non-hydrogen) atoms. The van der Waals surface area contributed by atoms with Gasteiger partial charge in [0.15, 0.2) is 5.65 Å². The van der Waals surface area contributed by atoms with Crippen molar-refractivity contribution in [1.29, 1.82) is 0 Å². The Labute approximate surface area is 104 Å². The number of nitrogen functional groups attached to an aromatic ring is 1. The second-order valence-electron chi connectivity index (χ2n) is 4.09. The lowest BCUT2D eigenvalue weighted by Gasteiger charge is -2.03. The summed E-state index contributed by atoms with van der Waals surface area (Å²) in [6.45, 7) is 0. The van der Waals surface area contributed by atoms with E-state index >= 15 is 0 Å². The predicted octanol–water partition coefficient (Wildman–Crippen LogP) is 1.92. The third kappa shape index (κ3) is 1.48. The van der Waals surface area contributed by atoms with Crippen LogP contribution in [0, 0.1) is 0 Å². The number of rotatable bonds is 1. The van der Waals surface area contributed by atoms with E-state index in [-0.39, 0.29) is 5.75 Å². The molecule has 0 bridgehead atoms. The Hall–Kier alpha value is -2.56. The van der Waals surface area contributed by atoms with Crippen LogP contribution >= 0.6 is 0 Å². The number of para-hydroxylation sites is 1. The van der Waals surface area contributed by atoms with E-state index in [0.717, 1.165) is 5.52 Å². The van der Waals surface area contributed by atoms with Crippen molar-refractivity contribution >= 4 is 17.1 Å². The molecule has 0 unspecified atom stereocenters. The largest absolute Gasteiger partial charge is 0.507 e. The Morgan fingerprint density at radius 3 is 2.67 bits per heavy atom. The molecule has 0 amide bonds. The first-order chi connectivity index (χ1) is 8.66. The number of nitrogens with zero attached hydrogens (tertiary/aromatic N) is 3. The number of anilines is 1. The van der Waals surface area contributed by atoms with Gasteiger partial charge in [-0.15, -0.1) is 0 Å². The van der Waals surface area contributed by atoms with Crippen LogP contribution < -0.4 is 5.73 Å². The lowest BCUT2D eigenvalue weighted by molar-refractivity contribution is 0.477. The average Bonchev–Trinajstić information content (AvgIpc) is 2.65. The van der Waals surface area contributed by atoms with Crippen LogP contribution in [0.1, 0.15) is 0 Å². The van der Waals surface area contributed by atoms with Crippen LogP contribution in [-0.2, 0) is 7.05 Å². The van der Waals surface area contributed by atoms with E-state index in [4.69, 9.17) is 5.73 Å². The van der Waals surface area contributed by atoms with Crippen LogP contribution in [0.15, 0.2) is 36.4 Å². The summed E-state index contributed by atoms with van der Waals surface area (Å²) in [6, 6.07) is 10.8. The standard InChI is InChI=1S/C13H12N4O/c1-17-10-7-6-9(15-12(10)16-13(17)14)8-4-2-3-5-11(8)18/h2-7,18H,1H3,(H2,14,15,16). The number of phenols is 1. The zero-order chi connectivity index (χ0) is 12.7. The number of fused-ring (bicyclic) bond motifs is 1. The van der Waals surface area contributed by atoms with E-state index in [1.807, 2.05) is 31.3 Å². The fourth-order valence-electron chi connectivity index (χ4n) is 1.93. The molecule has 5 heteroatoms. The zero-order valence-corrected chi connectivity index (χ0v) is 9.83. The highest BCUT2D eigenvalue weighted by atomic mass is 16.3. The van der Waals surface area contributed by atoms with Gasteiger partial charge >= 0.3 is 0 Å². The summed E-state index contributed by atoms with van der Waals surface area (Å²) < 4.78 is 1.77. The Bertz CT molecular complexity index is 733. The number of hydrogen-bond acceptors (Lipinski definition) is 4. The molecule has 0 fully saturated rings. The fourth-order valence-corrected chi connectivity index (χ4v) is 1.93. The molecule has 3 rings (SSSR count). The third-order valence-corrected chi connectivity index (χ3v) is 2.96. The SMILES string of the molecule is Cn1c(N)nc2nc(-c3ccccc3O)ccc21. The van der Waals surface area contributed by atoms with Gasteiger partial charge in [0.05, 0.1) is 11.2 Å². The molecule has 5 nitrogen and oxygen atoms in total. The zero-order valence-electron chi connectivity index (χ0n) is 9.83. The van der Waals surface area contributed by atoms with Crippen molar-refractivity contribution in [2.75, 3.05) is 5.73 Å². The Balaban J connectivity index is 2.23. The summed E-state index contributed by atoms with van der Waals surface area (Å²) in [5.41, 5.74) is 8.54. The molecule has 0 aliphatic rings. The first kappa shape index (κ1) is 10.6. The van der Waals surface area contributed by atoms with Gasteiger partial charge in [-0.2, -0.15) is 4.98 Å². The molecule has 3 aromatic rings. The number of benzene rings is 1. The van der Waals surface area contributed by atoms with Crippen molar-refractivity contribution in [3.8, 4) is 17.0 Å². The van der Waals surface area contributed by atoms with Crippen molar-refractivity contribution in [2.45, 2.75) is 0 Å². The van der Waals surface area contributed by atoms with Gasteiger partial charge in [-0.05, 0) is 24.3 Å². The maximum absolute atomic E-state index is 9.81. The van der Waals surface area contributed by atoms with Crippen molar-refractivity contribution < 1.29 is 5.11 Å². The Morgan fingerprint density at radius 2 is 1.89 bits per heavy atom. The molecule has 0 saturated heterocycles. The van der Waals surface area contributed by atoms with Gasteiger partial charge in [-0.25, -0.2) is 4.98 Å². The smallest absolute Gasteiger partial charge is 0.202 e. The van der Waals surface area contributed by atoms with Gasteiger partial charge in [-0.3, -0.25) is 0 Å². The number of nitrogens with two attached hydrogens (primary N) is 1. The molecule has 90 valence electrons. The molecular formula is C13H12N4O. The second-order valence-corrected chi connectivity index (χ2v) is 4.09. The summed E-state index contributed by atoms with van der Waals surface area (Å²) in [6.07, 6.45) is 0. The molecule has 0 saturated carbocycles. The molecule has 0 aliphatic heterocycles. The van der Waals surface area contributed by atoms with Crippen molar-refractivity contribution in [3.63, 3.8) is 0 Å². The number of pyridine rings is 1. The quantitative estimate of drug-likeness (QED) is 0.681. The van der Waals surface area contributed by atoms with Crippen LogP contribution in [-0.4, -0.2) is 19.6 Å². The lowest BCUT2D eigenvalue weighted by Crippen LogP contribution is -1.95. The van der Waals surface area contributed by atoms with Crippen LogP contribution in [0.3, 0.4) is 0 Å². The summed E-state index contributed by atoms with van der Waals surface area (Å²) in [4.78, 5) is 8.59. The summed E-state index contributed by atoms with van der Waals surface area (Å²) in [5.74, 6) is 0.625. The maximum Gasteiger partial charge on any atom is 0.202 e. The molecule has 3 N–H and O–H groups in total. The van der Waals surface area contributed by atoms with E-state index < -0.39 is 0 Å². The highest BCUT2D eigenvalue weighted by Gasteiger charge is 2.09. The highest BCUT2D eigenvalue weighted by Crippen LogP contribution is 2.28. The predicted molar refractivity (Wildman–Crippen MR) is 70.0 cm³/mol. The number of hydrogen-bond donors (Lipinski definition) is 2. The van der Waals surface area contributed by atoms with Crippen LogP contribution in [0.25, 0.3) is 22.4 Å². The molecule has 0 aliphatic carbocycles. The minimum Gasteiger partial charge on any atom is -0.507 e. The Morgan fingerprint density at radius 1 is 1.11 bits per heavy atom. The first-order valence-corrected chi connectivity index (χ1v) is 5.54. The monoisotopic (exact) mass is 240 g/mol. The summed E-state index contributed by atoms with van der Waals surface area (Å²) in [5, 5.41) is 9.81. The molecule has 0 radical (unpaired) electrons. The molecule has 0 spiro atoms. The molecule has 1 aromatic carbocycles. The van der Waals surface area contributed by atoms with Crippen LogP contribution in [0.4, 0.5) is 5.95 Å². The average molecular weight is 240 g/mol. The van der Waals surface area contributed by atoms with Gasteiger partial charge in [-0.1, -0.05) is 12.1 Å². The number of phenolic OH excluding ortho intramolecular Hbond substituents is 1. The van der Waals surface area contributed by atoms with E-state index in [9.17, 15) is 5.11 Å². The summed E-state index contributed by atoms with van der Waals surface area (Å²) >= 11 is 0. The molecular weight excluding hydrogens is 228 g/mol. The Kier molecular flexibility index (Phi) is 2.19. The highest BCUT2D eigenvalue weighted by molar-refractivity contribution is 5.79. The topological polar surface area (TPSA) is 77.0 Å². The number of aromatic nitrogens is 3. The van der Waals surface area contributed by atoms with Crippen molar-refractivity contribution in [2.24, 2.45) is 7.05 Å². The van der Waals surface area contributed by atoms with Crippen molar-refractivity contribution in [1.82, 2.24) is 14.5 Å². The number of imidazole rings is 1. The van der Waals surface area contributed by atoms with Gasteiger partial charge in [0.2, 0.25) is 5.95 Å².